The molecule has 1 saturated carbocycles. The average Bonchev–Trinajstić information content (AvgIpc) is 2.79. The summed E-state index contributed by atoms with van der Waals surface area (Å²) < 4.78 is 0. The summed E-state index contributed by atoms with van der Waals surface area (Å²) in [6.07, 6.45) is 7.18. The molecule has 1 aromatic heterocycles. The van der Waals surface area contributed by atoms with Gasteiger partial charge in [-0.3, -0.25) is 4.79 Å². The van der Waals surface area contributed by atoms with Crippen LogP contribution in [0.2, 0.25) is 0 Å². The molecule has 0 aliphatic heterocycles. The number of carbonyl (C=O) groups is 1. The monoisotopic (exact) mass is 276 g/mol. The summed E-state index contributed by atoms with van der Waals surface area (Å²) in [6, 6.07) is 4.31. The fourth-order valence-corrected chi connectivity index (χ4v) is 3.47. The molecule has 2 rings (SSSR count). The Balaban J connectivity index is 2.11. The highest BCUT2D eigenvalue weighted by molar-refractivity contribution is 7.12. The van der Waals surface area contributed by atoms with Gasteiger partial charge in [-0.2, -0.15) is 5.26 Å². The van der Waals surface area contributed by atoms with Gasteiger partial charge in [0.25, 0.3) is 5.91 Å². The third-order valence-electron chi connectivity index (χ3n) is 3.84. The SMILES string of the molecule is Cc1ccsc1C(=O)NC1(C#N)CCCCCCC1. The maximum Gasteiger partial charge on any atom is 0.262 e. The lowest BCUT2D eigenvalue weighted by Gasteiger charge is -2.29. The number of hydrogen-bond donors (Lipinski definition) is 1. The van der Waals surface area contributed by atoms with E-state index in [0.29, 0.717) is 0 Å². The van der Waals surface area contributed by atoms with Gasteiger partial charge in [-0.1, -0.05) is 32.1 Å². The summed E-state index contributed by atoms with van der Waals surface area (Å²) in [5.41, 5.74) is 0.329. The summed E-state index contributed by atoms with van der Waals surface area (Å²) in [7, 11) is 0. The second-order valence-electron chi connectivity index (χ2n) is 5.35. The van der Waals surface area contributed by atoms with Crippen LogP contribution in [0.5, 0.6) is 0 Å². The Morgan fingerprint density at radius 3 is 2.47 bits per heavy atom. The minimum absolute atomic E-state index is 0.0883. The van der Waals surface area contributed by atoms with Crippen LogP contribution in [0, 0.1) is 18.3 Å². The maximum absolute atomic E-state index is 12.3. The van der Waals surface area contributed by atoms with E-state index in [1.807, 2.05) is 18.4 Å². The summed E-state index contributed by atoms with van der Waals surface area (Å²) in [5, 5.41) is 14.4. The molecule has 0 spiro atoms. The largest absolute Gasteiger partial charge is 0.333 e. The molecule has 1 aromatic rings. The van der Waals surface area contributed by atoms with E-state index in [0.717, 1.165) is 49.0 Å². The second-order valence-corrected chi connectivity index (χ2v) is 6.26. The number of amides is 1. The molecule has 0 atom stereocenters. The third-order valence-corrected chi connectivity index (χ3v) is 4.86. The fraction of sp³-hybridized carbons (Fsp3) is 0.600. The van der Waals surface area contributed by atoms with Gasteiger partial charge in [0, 0.05) is 0 Å². The van der Waals surface area contributed by atoms with Crippen molar-refractivity contribution < 1.29 is 4.79 Å². The number of aryl methyl sites for hydroxylation is 1. The van der Waals surface area contributed by atoms with Crippen molar-refractivity contribution in [1.29, 1.82) is 5.26 Å². The first-order valence-corrected chi connectivity index (χ1v) is 7.83. The first-order chi connectivity index (χ1) is 9.17. The molecule has 0 bridgehead atoms. The lowest BCUT2D eigenvalue weighted by Crippen LogP contribution is -2.47. The van der Waals surface area contributed by atoms with E-state index >= 15 is 0 Å². The molecule has 0 unspecified atom stereocenters. The van der Waals surface area contributed by atoms with Crippen LogP contribution in [-0.2, 0) is 0 Å². The van der Waals surface area contributed by atoms with E-state index < -0.39 is 5.54 Å². The quantitative estimate of drug-likeness (QED) is 0.893. The lowest BCUT2D eigenvalue weighted by molar-refractivity contribution is 0.0911. The molecule has 3 nitrogen and oxygen atoms in total. The summed E-state index contributed by atoms with van der Waals surface area (Å²) in [5.74, 6) is -0.0883. The van der Waals surface area contributed by atoms with Gasteiger partial charge in [-0.25, -0.2) is 0 Å². The normalized spacial score (nSPS) is 18.9. The van der Waals surface area contributed by atoms with Crippen LogP contribution in [0.4, 0.5) is 0 Å². The molecule has 1 heterocycles. The van der Waals surface area contributed by atoms with E-state index in [1.54, 1.807) is 0 Å². The zero-order chi connectivity index (χ0) is 13.7. The molecule has 102 valence electrons. The van der Waals surface area contributed by atoms with Gasteiger partial charge in [0.05, 0.1) is 10.9 Å². The molecule has 0 aromatic carbocycles. The number of hydrogen-bond acceptors (Lipinski definition) is 3. The molecule has 1 aliphatic carbocycles. The molecule has 19 heavy (non-hydrogen) atoms. The number of nitriles is 1. The number of rotatable bonds is 2. The summed E-state index contributed by atoms with van der Waals surface area (Å²) in [6.45, 7) is 1.93. The molecular formula is C15H20N2OS. The predicted octanol–water partition coefficient (Wildman–Crippen LogP) is 3.79. The van der Waals surface area contributed by atoms with Crippen LogP contribution >= 0.6 is 11.3 Å². The van der Waals surface area contributed by atoms with Crippen molar-refractivity contribution in [3.05, 3.63) is 21.9 Å². The summed E-state index contributed by atoms with van der Waals surface area (Å²) in [4.78, 5) is 13.0. The number of carbonyl (C=O) groups excluding carboxylic acids is 1. The van der Waals surface area contributed by atoms with Crippen molar-refractivity contribution in [2.45, 2.75) is 57.4 Å². The van der Waals surface area contributed by atoms with Gasteiger partial charge >= 0.3 is 0 Å². The van der Waals surface area contributed by atoms with E-state index in [-0.39, 0.29) is 5.91 Å². The molecule has 1 N–H and O–H groups in total. The standard InChI is InChI=1S/C15H20N2OS/c1-12-7-10-19-13(12)14(18)17-15(11-16)8-5-3-2-4-6-9-15/h7,10H,2-6,8-9H2,1H3,(H,17,18). The van der Waals surface area contributed by atoms with Crippen LogP contribution in [0.15, 0.2) is 11.4 Å². The smallest absolute Gasteiger partial charge is 0.262 e. The second kappa shape index (κ2) is 6.21. The first-order valence-electron chi connectivity index (χ1n) is 6.95. The number of nitrogens with one attached hydrogen (secondary N) is 1. The highest BCUT2D eigenvalue weighted by Crippen LogP contribution is 2.27. The van der Waals surface area contributed by atoms with Gasteiger partial charge in [-0.15, -0.1) is 11.3 Å². The van der Waals surface area contributed by atoms with Crippen LogP contribution in [-0.4, -0.2) is 11.4 Å². The minimum atomic E-state index is -0.659. The van der Waals surface area contributed by atoms with E-state index in [2.05, 4.69) is 11.4 Å². The van der Waals surface area contributed by atoms with E-state index in [1.165, 1.54) is 17.8 Å². The molecule has 0 radical (unpaired) electrons. The highest BCUT2D eigenvalue weighted by Gasteiger charge is 2.32. The topological polar surface area (TPSA) is 52.9 Å². The Kier molecular flexibility index (Phi) is 4.60. The minimum Gasteiger partial charge on any atom is -0.333 e. The van der Waals surface area contributed by atoms with Crippen LogP contribution in [0.1, 0.15) is 60.2 Å². The van der Waals surface area contributed by atoms with Gasteiger partial charge in [0.2, 0.25) is 0 Å². The molecule has 1 aliphatic rings. The van der Waals surface area contributed by atoms with Crippen molar-refractivity contribution in [3.8, 4) is 6.07 Å². The number of nitrogens with zero attached hydrogens (tertiary/aromatic N) is 1. The van der Waals surface area contributed by atoms with Crippen LogP contribution in [0.25, 0.3) is 0 Å². The zero-order valence-electron chi connectivity index (χ0n) is 11.4. The Morgan fingerprint density at radius 2 is 1.95 bits per heavy atom. The Hall–Kier alpha value is -1.34. The van der Waals surface area contributed by atoms with Gasteiger partial charge in [0.15, 0.2) is 0 Å². The van der Waals surface area contributed by atoms with Crippen LogP contribution in [0.3, 0.4) is 0 Å². The molecule has 4 heteroatoms. The Bertz CT molecular complexity index is 479. The molecule has 0 saturated heterocycles. The average molecular weight is 276 g/mol. The van der Waals surface area contributed by atoms with Gasteiger partial charge < -0.3 is 5.32 Å². The van der Waals surface area contributed by atoms with Crippen molar-refractivity contribution in [3.63, 3.8) is 0 Å². The maximum atomic E-state index is 12.3. The highest BCUT2D eigenvalue weighted by atomic mass is 32.1. The molecule has 1 amide bonds. The zero-order valence-corrected chi connectivity index (χ0v) is 12.2. The first kappa shape index (κ1) is 14.1. The Morgan fingerprint density at radius 1 is 1.32 bits per heavy atom. The van der Waals surface area contributed by atoms with Gasteiger partial charge in [-0.05, 0) is 36.8 Å². The fourth-order valence-electron chi connectivity index (χ4n) is 2.65. The summed E-state index contributed by atoms with van der Waals surface area (Å²) >= 11 is 1.44. The van der Waals surface area contributed by atoms with E-state index in [4.69, 9.17) is 0 Å². The van der Waals surface area contributed by atoms with Crippen molar-refractivity contribution in [2.75, 3.05) is 0 Å². The lowest BCUT2D eigenvalue weighted by atomic mass is 9.85. The predicted molar refractivity (Wildman–Crippen MR) is 77.2 cm³/mol. The van der Waals surface area contributed by atoms with Gasteiger partial charge in [0.1, 0.15) is 5.54 Å². The third kappa shape index (κ3) is 3.36. The van der Waals surface area contributed by atoms with E-state index in [9.17, 15) is 10.1 Å². The molecule has 1 fully saturated rings. The van der Waals surface area contributed by atoms with Crippen LogP contribution < -0.4 is 5.32 Å². The van der Waals surface area contributed by atoms with Crippen molar-refractivity contribution >= 4 is 17.2 Å². The number of thiophene rings is 1. The van der Waals surface area contributed by atoms with Crippen molar-refractivity contribution in [1.82, 2.24) is 5.32 Å². The molecular weight excluding hydrogens is 256 g/mol. The Labute approximate surface area is 118 Å². The van der Waals surface area contributed by atoms with Crippen molar-refractivity contribution in [2.24, 2.45) is 0 Å².